The Hall–Kier alpha value is -2.00. The largest absolute Gasteiger partial charge is 0.490 e. The van der Waals surface area contributed by atoms with Crippen LogP contribution in [-0.2, 0) is 14.8 Å². The van der Waals surface area contributed by atoms with E-state index in [1.165, 1.54) is 31.3 Å². The zero-order chi connectivity index (χ0) is 20.3. The van der Waals surface area contributed by atoms with Gasteiger partial charge in [0.05, 0.1) is 23.1 Å². The molecule has 0 amide bonds. The first-order valence-corrected chi connectivity index (χ1v) is 10.5. The Balaban J connectivity index is 1.74. The van der Waals surface area contributed by atoms with Crippen molar-refractivity contribution < 1.29 is 27.4 Å². The maximum atomic E-state index is 12.8. The van der Waals surface area contributed by atoms with Crippen LogP contribution in [0.1, 0.15) is 6.42 Å². The minimum atomic E-state index is -3.95. The van der Waals surface area contributed by atoms with E-state index in [9.17, 15) is 13.2 Å². The molecule has 0 bridgehead atoms. The molecule has 3 rings (SSSR count). The molecule has 0 unspecified atom stereocenters. The Labute approximate surface area is 172 Å². The molecule has 0 saturated heterocycles. The monoisotopic (exact) mass is 445 g/mol. The summed E-state index contributed by atoms with van der Waals surface area (Å²) in [7, 11) is -2.68. The van der Waals surface area contributed by atoms with Gasteiger partial charge in [0, 0.05) is 19.5 Å². The van der Waals surface area contributed by atoms with Gasteiger partial charge < -0.3 is 14.2 Å². The molecule has 0 spiro atoms. The van der Waals surface area contributed by atoms with Crippen LogP contribution in [0.5, 0.6) is 17.2 Å². The second kappa shape index (κ2) is 8.57. The first-order valence-electron chi connectivity index (χ1n) is 8.30. The Bertz CT molecular complexity index is 996. The highest BCUT2D eigenvalue weighted by molar-refractivity contribution is 7.89. The summed E-state index contributed by atoms with van der Waals surface area (Å²) in [6, 6.07) is 8.89. The number of rotatable bonds is 5. The van der Waals surface area contributed by atoms with Crippen molar-refractivity contribution in [2.75, 3.05) is 26.8 Å². The topological polar surface area (TPSA) is 82.1 Å². The van der Waals surface area contributed by atoms with E-state index in [1.54, 1.807) is 12.1 Å². The molecule has 0 fully saturated rings. The second-order valence-electron chi connectivity index (χ2n) is 5.95. The predicted molar refractivity (Wildman–Crippen MR) is 104 cm³/mol. The molecule has 0 aromatic heterocycles. The second-order valence-corrected chi connectivity index (χ2v) is 8.78. The Morgan fingerprint density at radius 1 is 1.14 bits per heavy atom. The summed E-state index contributed by atoms with van der Waals surface area (Å²) in [5.41, 5.74) is 0. The predicted octanol–water partition coefficient (Wildman–Crippen LogP) is 3.38. The fourth-order valence-electron chi connectivity index (χ4n) is 2.47. The van der Waals surface area contributed by atoms with E-state index < -0.39 is 22.5 Å². The Kier molecular flexibility index (Phi) is 6.34. The fraction of sp³-hybridized carbons (Fsp3) is 0.278. The lowest BCUT2D eigenvalue weighted by Crippen LogP contribution is -2.34. The van der Waals surface area contributed by atoms with Gasteiger partial charge in [-0.1, -0.05) is 29.3 Å². The van der Waals surface area contributed by atoms with Crippen molar-refractivity contribution in [2.45, 2.75) is 11.3 Å². The molecule has 1 aliphatic rings. The van der Waals surface area contributed by atoms with Gasteiger partial charge in [-0.05, 0) is 24.3 Å². The summed E-state index contributed by atoms with van der Waals surface area (Å²) in [4.78, 5) is 12.1. The molecular weight excluding hydrogens is 429 g/mol. The van der Waals surface area contributed by atoms with E-state index in [1.807, 2.05) is 0 Å². The van der Waals surface area contributed by atoms with Crippen molar-refractivity contribution in [1.29, 1.82) is 0 Å². The van der Waals surface area contributed by atoms with E-state index >= 15 is 0 Å². The lowest BCUT2D eigenvalue weighted by Gasteiger charge is -2.17. The zero-order valence-corrected chi connectivity index (χ0v) is 17.2. The number of halogens is 2. The van der Waals surface area contributed by atoms with E-state index in [2.05, 4.69) is 0 Å². The van der Waals surface area contributed by atoms with E-state index in [0.29, 0.717) is 31.1 Å². The molecule has 2 aromatic carbocycles. The zero-order valence-electron chi connectivity index (χ0n) is 14.9. The molecule has 0 saturated carbocycles. The molecule has 28 heavy (non-hydrogen) atoms. The molecular formula is C18H17Cl2NO6S. The van der Waals surface area contributed by atoms with Gasteiger partial charge in [0.2, 0.25) is 10.0 Å². The molecule has 150 valence electrons. The van der Waals surface area contributed by atoms with Crippen LogP contribution in [0.15, 0.2) is 41.3 Å². The lowest BCUT2D eigenvalue weighted by atomic mass is 10.3. The lowest BCUT2D eigenvalue weighted by molar-refractivity contribution is -0.134. The van der Waals surface area contributed by atoms with Crippen molar-refractivity contribution in [3.05, 3.63) is 46.4 Å². The molecule has 0 N–H and O–H groups in total. The highest BCUT2D eigenvalue weighted by atomic mass is 35.5. The number of benzene rings is 2. The maximum absolute atomic E-state index is 12.8. The number of ether oxygens (including phenoxy) is 3. The first kappa shape index (κ1) is 20.7. The minimum absolute atomic E-state index is 0.0205. The van der Waals surface area contributed by atoms with Gasteiger partial charge >= 0.3 is 5.97 Å². The van der Waals surface area contributed by atoms with Crippen molar-refractivity contribution in [1.82, 2.24) is 4.31 Å². The van der Waals surface area contributed by atoms with E-state index in [-0.39, 0.29) is 20.7 Å². The Morgan fingerprint density at radius 3 is 2.61 bits per heavy atom. The number of nitrogens with zero attached hydrogens (tertiary/aromatic N) is 1. The normalized spacial score (nSPS) is 13.9. The van der Waals surface area contributed by atoms with Crippen LogP contribution in [0.2, 0.25) is 10.0 Å². The number of esters is 1. The quantitative estimate of drug-likeness (QED) is 0.518. The molecule has 10 heteroatoms. The summed E-state index contributed by atoms with van der Waals surface area (Å²) >= 11 is 11.8. The molecule has 0 atom stereocenters. The number of likely N-dealkylation sites (N-methyl/N-ethyl adjacent to an activating group) is 1. The van der Waals surface area contributed by atoms with Gasteiger partial charge in [-0.25, -0.2) is 8.42 Å². The van der Waals surface area contributed by atoms with Gasteiger partial charge in [0.25, 0.3) is 0 Å². The first-order chi connectivity index (χ1) is 13.3. The third kappa shape index (κ3) is 4.52. The summed E-state index contributed by atoms with van der Waals surface area (Å²) in [5, 5.41) is 0.297. The Morgan fingerprint density at radius 2 is 1.86 bits per heavy atom. The van der Waals surface area contributed by atoms with E-state index in [0.717, 1.165) is 4.31 Å². The number of hydrogen-bond donors (Lipinski definition) is 0. The highest BCUT2D eigenvalue weighted by Crippen LogP contribution is 2.33. The van der Waals surface area contributed by atoms with Crippen LogP contribution in [0, 0.1) is 0 Å². The van der Waals surface area contributed by atoms with Crippen LogP contribution < -0.4 is 14.2 Å². The third-order valence-corrected chi connectivity index (χ3v) is 6.52. The summed E-state index contributed by atoms with van der Waals surface area (Å²) in [6.07, 6.45) is 0.703. The standard InChI is InChI=1S/C18H17Cl2NO6S/c1-21(11-17(22)27-15-5-2-4-13(19)18(15)20)28(23,24)12-6-7-14-16(10-12)26-9-3-8-25-14/h2,4-7,10H,3,8-9,11H2,1H3. The van der Waals surface area contributed by atoms with Gasteiger partial charge in [0.1, 0.15) is 11.6 Å². The van der Waals surface area contributed by atoms with Crippen LogP contribution >= 0.6 is 23.2 Å². The van der Waals surface area contributed by atoms with E-state index in [4.69, 9.17) is 37.4 Å². The summed E-state index contributed by atoms with van der Waals surface area (Å²) < 4.78 is 42.6. The molecule has 1 heterocycles. The van der Waals surface area contributed by atoms with Crippen LogP contribution in [-0.4, -0.2) is 45.5 Å². The molecule has 0 radical (unpaired) electrons. The fourth-order valence-corrected chi connectivity index (χ4v) is 3.93. The SMILES string of the molecule is CN(CC(=O)Oc1cccc(Cl)c1Cl)S(=O)(=O)c1ccc2c(c1)OCCCO2. The van der Waals surface area contributed by atoms with Gasteiger partial charge in [0.15, 0.2) is 17.2 Å². The van der Waals surface area contributed by atoms with Crippen LogP contribution in [0.3, 0.4) is 0 Å². The molecule has 1 aliphatic heterocycles. The minimum Gasteiger partial charge on any atom is -0.490 e. The summed E-state index contributed by atoms with van der Waals surface area (Å²) in [6.45, 7) is 0.412. The van der Waals surface area contributed by atoms with Crippen molar-refractivity contribution in [3.63, 3.8) is 0 Å². The smallest absolute Gasteiger partial charge is 0.326 e. The van der Waals surface area contributed by atoms with Crippen molar-refractivity contribution in [3.8, 4) is 17.2 Å². The average molecular weight is 446 g/mol. The van der Waals surface area contributed by atoms with Crippen LogP contribution in [0.4, 0.5) is 0 Å². The number of carbonyl (C=O) groups excluding carboxylic acids is 1. The number of sulfonamides is 1. The van der Waals surface area contributed by atoms with Gasteiger partial charge in [-0.3, -0.25) is 4.79 Å². The average Bonchev–Trinajstić information content (AvgIpc) is 2.90. The summed E-state index contributed by atoms with van der Waals surface area (Å²) in [5.74, 6) is 0.0829. The molecule has 7 nitrogen and oxygen atoms in total. The third-order valence-electron chi connectivity index (χ3n) is 3.92. The van der Waals surface area contributed by atoms with Crippen LogP contribution in [0.25, 0.3) is 0 Å². The number of carbonyl (C=O) groups is 1. The number of hydrogen-bond acceptors (Lipinski definition) is 6. The van der Waals surface area contributed by atoms with Crippen molar-refractivity contribution in [2.24, 2.45) is 0 Å². The number of fused-ring (bicyclic) bond motifs is 1. The maximum Gasteiger partial charge on any atom is 0.326 e. The highest BCUT2D eigenvalue weighted by Gasteiger charge is 2.26. The van der Waals surface area contributed by atoms with Gasteiger partial charge in [-0.2, -0.15) is 4.31 Å². The van der Waals surface area contributed by atoms with Crippen molar-refractivity contribution >= 4 is 39.2 Å². The molecule has 2 aromatic rings. The van der Waals surface area contributed by atoms with Gasteiger partial charge in [-0.15, -0.1) is 0 Å². The molecule has 0 aliphatic carbocycles.